The number of carbonyl (C=O) groups is 5. The van der Waals surface area contributed by atoms with Crippen LogP contribution in [0.15, 0.2) is 0 Å². The minimum absolute atomic E-state index is 0.0579. The van der Waals surface area contributed by atoms with Crippen molar-refractivity contribution in [1.82, 2.24) is 5.06 Å². The molecule has 232 valence electrons. The van der Waals surface area contributed by atoms with Crippen LogP contribution in [-0.2, 0) is 28.8 Å². The molecule has 1 heterocycles. The highest BCUT2D eigenvalue weighted by Gasteiger charge is 2.36. The van der Waals surface area contributed by atoms with Gasteiger partial charge >= 0.3 is 11.9 Å². The fourth-order valence-electron chi connectivity index (χ4n) is 2.55. The molecule has 1 saturated heterocycles. The van der Waals surface area contributed by atoms with E-state index in [-0.39, 0.29) is 30.1 Å². The molecule has 2 N–H and O–H groups in total. The lowest BCUT2D eigenvalue weighted by Gasteiger charge is -2.23. The number of Topliss-reactive ketones (excluding diaryl/α,β-unsaturated/α-hetero) is 1. The SMILES string of the molecule is CC(=O)C(N)C(C)(C)C.CC(C)(C)C(=O)ON1C(=O)CCC1=O.Cc1c(F)c(F)c(F)c(OC(=O)C(C)(C)C)c1F. The van der Waals surface area contributed by atoms with Gasteiger partial charge in [0.05, 0.1) is 16.9 Å². The van der Waals surface area contributed by atoms with Crippen LogP contribution in [0.4, 0.5) is 17.6 Å². The second-order valence-electron chi connectivity index (χ2n) is 12.5. The van der Waals surface area contributed by atoms with Gasteiger partial charge in [-0.1, -0.05) is 20.8 Å². The van der Waals surface area contributed by atoms with Crippen LogP contribution in [0.3, 0.4) is 0 Å². The third-order valence-corrected chi connectivity index (χ3v) is 5.41. The van der Waals surface area contributed by atoms with Gasteiger partial charge in [0.2, 0.25) is 11.6 Å². The first-order valence-corrected chi connectivity index (χ1v) is 12.6. The van der Waals surface area contributed by atoms with Crippen molar-refractivity contribution in [3.8, 4) is 5.75 Å². The number of ketones is 1. The molecule has 0 bridgehead atoms. The minimum Gasteiger partial charge on any atom is -0.420 e. The smallest absolute Gasteiger partial charge is 0.338 e. The zero-order chi connectivity index (χ0) is 32.8. The molecule has 0 aliphatic carbocycles. The molecular formula is C28H40F4N2O7. The van der Waals surface area contributed by atoms with Crippen molar-refractivity contribution in [3.63, 3.8) is 0 Å². The van der Waals surface area contributed by atoms with Gasteiger partial charge in [-0.05, 0) is 60.8 Å². The van der Waals surface area contributed by atoms with Gasteiger partial charge in [-0.15, -0.1) is 5.06 Å². The first-order chi connectivity index (χ1) is 18.2. The zero-order valence-corrected chi connectivity index (χ0v) is 25.4. The second-order valence-corrected chi connectivity index (χ2v) is 12.5. The highest BCUT2D eigenvalue weighted by Crippen LogP contribution is 2.31. The number of halogens is 4. The number of amides is 2. The molecule has 41 heavy (non-hydrogen) atoms. The number of carbonyl (C=O) groups excluding carboxylic acids is 5. The molecule has 0 spiro atoms. The van der Waals surface area contributed by atoms with Gasteiger partial charge < -0.3 is 15.3 Å². The number of ether oxygens (including phenoxy) is 1. The predicted molar refractivity (Wildman–Crippen MR) is 141 cm³/mol. The Morgan fingerprint density at radius 2 is 1.17 bits per heavy atom. The molecule has 1 aromatic rings. The number of hydrogen-bond donors (Lipinski definition) is 1. The summed E-state index contributed by atoms with van der Waals surface area (Å²) in [7, 11) is 0. The van der Waals surface area contributed by atoms with E-state index in [4.69, 9.17) is 10.6 Å². The van der Waals surface area contributed by atoms with E-state index in [9.17, 15) is 41.5 Å². The van der Waals surface area contributed by atoms with Crippen molar-refractivity contribution in [2.75, 3.05) is 0 Å². The van der Waals surface area contributed by atoms with Crippen LogP contribution in [0, 0.1) is 46.4 Å². The summed E-state index contributed by atoms with van der Waals surface area (Å²) in [6, 6.07) is -0.322. The van der Waals surface area contributed by atoms with Crippen molar-refractivity contribution in [2.24, 2.45) is 22.0 Å². The van der Waals surface area contributed by atoms with E-state index in [0.29, 0.717) is 5.06 Å². The molecule has 9 nitrogen and oxygen atoms in total. The lowest BCUT2D eigenvalue weighted by Crippen LogP contribution is -2.40. The summed E-state index contributed by atoms with van der Waals surface area (Å²) in [6.45, 7) is 17.6. The van der Waals surface area contributed by atoms with Gasteiger partial charge in [0.25, 0.3) is 11.8 Å². The summed E-state index contributed by atoms with van der Waals surface area (Å²) in [4.78, 5) is 60.3. The zero-order valence-electron chi connectivity index (χ0n) is 25.4. The highest BCUT2D eigenvalue weighted by atomic mass is 19.2. The standard InChI is InChI=1S/C12H12F4O2.C9H13NO4.C7H15NO/c1-5-6(13)8(15)9(16)10(7(5)14)18-11(17)12(2,3)4;1-9(2,3)8(13)14-10-6(11)4-5-7(10)12;1-5(9)6(8)7(2,3)4/h1-4H3;4-5H2,1-3H3;6H,8H2,1-4H3. The first-order valence-electron chi connectivity index (χ1n) is 12.6. The number of hydrogen-bond acceptors (Lipinski definition) is 8. The van der Waals surface area contributed by atoms with Crippen molar-refractivity contribution < 1.29 is 51.1 Å². The number of rotatable bonds is 3. The summed E-state index contributed by atoms with van der Waals surface area (Å²) >= 11 is 0. The summed E-state index contributed by atoms with van der Waals surface area (Å²) in [5.74, 6) is -10.4. The predicted octanol–water partition coefficient (Wildman–Crippen LogP) is 5.09. The molecule has 0 saturated carbocycles. The maximum Gasteiger partial charge on any atom is 0.338 e. The molecule has 13 heteroatoms. The van der Waals surface area contributed by atoms with Crippen molar-refractivity contribution in [2.45, 2.75) is 95.0 Å². The Morgan fingerprint density at radius 3 is 1.49 bits per heavy atom. The van der Waals surface area contributed by atoms with E-state index in [0.717, 1.165) is 6.92 Å². The molecule has 2 rings (SSSR count). The molecule has 1 aliphatic heterocycles. The van der Waals surface area contributed by atoms with Crippen LogP contribution in [0.1, 0.15) is 87.6 Å². The Bertz CT molecular complexity index is 1130. The average Bonchev–Trinajstić information content (AvgIpc) is 3.14. The van der Waals surface area contributed by atoms with Gasteiger partial charge in [0, 0.05) is 18.4 Å². The summed E-state index contributed by atoms with van der Waals surface area (Å²) < 4.78 is 57.4. The van der Waals surface area contributed by atoms with Gasteiger partial charge in [-0.3, -0.25) is 19.2 Å². The Labute approximate surface area is 237 Å². The largest absolute Gasteiger partial charge is 0.420 e. The summed E-state index contributed by atoms with van der Waals surface area (Å²) in [5.41, 5.74) is 2.96. The third-order valence-electron chi connectivity index (χ3n) is 5.41. The minimum atomic E-state index is -1.87. The Kier molecular flexibility index (Phi) is 12.9. The van der Waals surface area contributed by atoms with Crippen LogP contribution < -0.4 is 10.5 Å². The summed E-state index contributed by atoms with van der Waals surface area (Å²) in [6.07, 6.45) is 0.243. The highest BCUT2D eigenvalue weighted by molar-refractivity contribution is 6.01. The van der Waals surface area contributed by atoms with E-state index in [1.807, 2.05) is 20.8 Å². The second kappa shape index (κ2) is 14.0. The number of benzene rings is 1. The van der Waals surface area contributed by atoms with Crippen LogP contribution >= 0.6 is 0 Å². The average molecular weight is 593 g/mol. The van der Waals surface area contributed by atoms with Gasteiger partial charge in [0.1, 0.15) is 5.78 Å². The lowest BCUT2D eigenvalue weighted by molar-refractivity contribution is -0.203. The number of nitrogens with zero attached hydrogens (tertiary/aromatic N) is 1. The van der Waals surface area contributed by atoms with Gasteiger partial charge in [-0.2, -0.15) is 4.39 Å². The lowest BCUT2D eigenvalue weighted by atomic mass is 9.85. The molecule has 1 aromatic carbocycles. The van der Waals surface area contributed by atoms with E-state index in [1.54, 1.807) is 20.8 Å². The number of nitrogens with two attached hydrogens (primary N) is 1. The molecule has 0 aromatic heterocycles. The monoisotopic (exact) mass is 592 g/mol. The van der Waals surface area contributed by atoms with Gasteiger partial charge in [-0.25, -0.2) is 18.0 Å². The van der Waals surface area contributed by atoms with Crippen LogP contribution in [0.25, 0.3) is 0 Å². The number of hydroxylamine groups is 2. The summed E-state index contributed by atoms with van der Waals surface area (Å²) in [5, 5.41) is 0.563. The first kappa shape index (κ1) is 37.6. The maximum atomic E-state index is 13.5. The van der Waals surface area contributed by atoms with Gasteiger partial charge in [0.15, 0.2) is 17.5 Å². The van der Waals surface area contributed by atoms with Crippen LogP contribution in [0.5, 0.6) is 5.75 Å². The molecular weight excluding hydrogens is 552 g/mol. The van der Waals surface area contributed by atoms with E-state index in [2.05, 4.69) is 4.74 Å². The molecule has 1 fully saturated rings. The van der Waals surface area contributed by atoms with Crippen molar-refractivity contribution in [1.29, 1.82) is 0 Å². The topological polar surface area (TPSA) is 133 Å². The van der Waals surface area contributed by atoms with E-state index >= 15 is 0 Å². The third kappa shape index (κ3) is 10.9. The Morgan fingerprint density at radius 1 is 0.756 bits per heavy atom. The maximum absolute atomic E-state index is 13.5. The Balaban J connectivity index is 0.000000620. The number of esters is 1. The molecule has 0 radical (unpaired) electrons. The number of imide groups is 1. The van der Waals surface area contributed by atoms with E-state index < -0.39 is 69.2 Å². The molecule has 2 amide bonds. The Hall–Kier alpha value is -3.35. The fraction of sp³-hybridized carbons (Fsp3) is 0.607. The quantitative estimate of drug-likeness (QED) is 0.128. The van der Waals surface area contributed by atoms with Crippen LogP contribution in [0.2, 0.25) is 0 Å². The van der Waals surface area contributed by atoms with Crippen molar-refractivity contribution >= 4 is 29.5 Å². The molecule has 1 unspecified atom stereocenters. The normalized spacial score (nSPS) is 14.4. The molecule has 1 atom stereocenters. The van der Waals surface area contributed by atoms with Crippen LogP contribution in [-0.4, -0.2) is 40.6 Å². The fourth-order valence-corrected chi connectivity index (χ4v) is 2.55. The van der Waals surface area contributed by atoms with E-state index in [1.165, 1.54) is 27.7 Å². The molecule has 1 aliphatic rings. The van der Waals surface area contributed by atoms with Crippen molar-refractivity contribution in [3.05, 3.63) is 28.8 Å².